The average Bonchev–Trinajstić information content (AvgIpc) is 2.96. The first-order chi connectivity index (χ1) is 13.0. The Labute approximate surface area is 159 Å². The number of ether oxygens (including phenoxy) is 2. The number of nitrogens with one attached hydrogen (secondary N) is 1. The van der Waals surface area contributed by atoms with Gasteiger partial charge >= 0.3 is 12.1 Å². The van der Waals surface area contributed by atoms with E-state index in [1.54, 1.807) is 6.08 Å². The summed E-state index contributed by atoms with van der Waals surface area (Å²) in [5.74, 6) is -1.41. The Bertz CT molecular complexity index is 676. The Morgan fingerprint density at radius 3 is 2.30 bits per heavy atom. The fourth-order valence-electron chi connectivity index (χ4n) is 2.81. The summed E-state index contributed by atoms with van der Waals surface area (Å²) < 4.78 is 9.27. The summed E-state index contributed by atoms with van der Waals surface area (Å²) in [4.78, 5) is 36.8. The number of amides is 2. The van der Waals surface area contributed by atoms with Crippen LogP contribution in [0, 0.1) is 0 Å². The molecule has 7 heteroatoms. The van der Waals surface area contributed by atoms with Crippen molar-refractivity contribution in [2.75, 3.05) is 25.1 Å². The number of anilines is 1. The van der Waals surface area contributed by atoms with Crippen molar-refractivity contribution in [1.29, 1.82) is 0 Å². The zero-order chi connectivity index (χ0) is 19.6. The fraction of sp³-hybridized carbons (Fsp3) is 0.450. The van der Waals surface area contributed by atoms with Gasteiger partial charge in [-0.05, 0) is 43.5 Å². The maximum Gasteiger partial charge on any atom is 0.413 e. The van der Waals surface area contributed by atoms with Crippen LogP contribution in [0.1, 0.15) is 38.2 Å². The monoisotopic (exact) mass is 374 g/mol. The smallest absolute Gasteiger partial charge is 0.413 e. The van der Waals surface area contributed by atoms with Crippen LogP contribution in [0.25, 0.3) is 6.08 Å². The molecule has 7 nitrogen and oxygen atoms in total. The quantitative estimate of drug-likeness (QED) is 0.630. The molecular formula is C20H26N2O5. The first kappa shape index (κ1) is 20.5. The lowest BCUT2D eigenvalue weighted by Gasteiger charge is -2.22. The first-order valence-corrected chi connectivity index (χ1v) is 9.12. The largest absolute Gasteiger partial charge is 0.453 e. The van der Waals surface area contributed by atoms with Crippen LogP contribution < -0.4 is 10.2 Å². The van der Waals surface area contributed by atoms with Gasteiger partial charge in [0.1, 0.15) is 0 Å². The van der Waals surface area contributed by atoms with E-state index in [0.717, 1.165) is 25.8 Å². The maximum atomic E-state index is 11.8. The highest BCUT2D eigenvalue weighted by Crippen LogP contribution is 2.20. The Morgan fingerprint density at radius 2 is 1.70 bits per heavy atom. The van der Waals surface area contributed by atoms with Crippen LogP contribution in [-0.4, -0.2) is 44.3 Å². The second-order valence-corrected chi connectivity index (χ2v) is 6.39. The predicted molar refractivity (Wildman–Crippen MR) is 102 cm³/mol. The van der Waals surface area contributed by atoms with Crippen LogP contribution in [0.15, 0.2) is 30.3 Å². The van der Waals surface area contributed by atoms with Crippen molar-refractivity contribution >= 4 is 29.7 Å². The van der Waals surface area contributed by atoms with E-state index in [1.165, 1.54) is 44.4 Å². The summed E-state index contributed by atoms with van der Waals surface area (Å²) in [6, 6.07) is 7.97. The number of carbonyl (C=O) groups excluding carboxylic acids is 3. The number of hydrogen-bond donors (Lipinski definition) is 1. The highest BCUT2D eigenvalue weighted by molar-refractivity contribution is 5.96. The van der Waals surface area contributed by atoms with Crippen molar-refractivity contribution in [3.05, 3.63) is 35.9 Å². The number of rotatable bonds is 5. The van der Waals surface area contributed by atoms with Gasteiger partial charge in [-0.2, -0.15) is 0 Å². The third kappa shape index (κ3) is 6.77. The molecule has 27 heavy (non-hydrogen) atoms. The number of alkyl carbamates (subject to hydrolysis) is 1. The lowest BCUT2D eigenvalue weighted by Crippen LogP contribution is -2.39. The molecule has 1 atom stereocenters. The molecule has 0 bridgehead atoms. The zero-order valence-corrected chi connectivity index (χ0v) is 15.8. The van der Waals surface area contributed by atoms with Crippen molar-refractivity contribution in [3.63, 3.8) is 0 Å². The molecule has 1 aliphatic rings. The molecule has 1 aromatic rings. The maximum absolute atomic E-state index is 11.8. The normalized spacial score (nSPS) is 15.7. The molecule has 2 rings (SSSR count). The molecule has 1 saturated heterocycles. The number of imide groups is 1. The molecular weight excluding hydrogens is 348 g/mol. The molecule has 1 aromatic carbocycles. The van der Waals surface area contributed by atoms with Gasteiger partial charge in [-0.3, -0.25) is 10.1 Å². The van der Waals surface area contributed by atoms with E-state index >= 15 is 0 Å². The van der Waals surface area contributed by atoms with Gasteiger partial charge < -0.3 is 14.4 Å². The van der Waals surface area contributed by atoms with E-state index in [1.807, 2.05) is 29.6 Å². The number of hydrogen-bond acceptors (Lipinski definition) is 6. The molecule has 146 valence electrons. The van der Waals surface area contributed by atoms with Gasteiger partial charge in [-0.15, -0.1) is 0 Å². The lowest BCUT2D eigenvalue weighted by molar-refractivity contribution is -0.149. The molecule has 1 N–H and O–H groups in total. The Morgan fingerprint density at radius 1 is 1.07 bits per heavy atom. The van der Waals surface area contributed by atoms with Crippen LogP contribution in [0.5, 0.6) is 0 Å². The van der Waals surface area contributed by atoms with Crippen LogP contribution in [-0.2, 0) is 19.1 Å². The minimum Gasteiger partial charge on any atom is -0.453 e. The summed E-state index contributed by atoms with van der Waals surface area (Å²) in [6.07, 6.45) is 5.88. The minimum absolute atomic E-state index is 0.667. The standard InChI is InChI=1S/C20H26N2O5/c1-15(19(24)21-20(25)26-2)27-18(23)12-9-16-7-10-17(11-8-16)22-13-5-3-4-6-14-22/h7-12,15H,3-6,13-14H2,1-2H3,(H,21,24,25)/b12-9+/t15-/m1/s1. The molecule has 1 aliphatic heterocycles. The first-order valence-electron chi connectivity index (χ1n) is 9.12. The van der Waals surface area contributed by atoms with Crippen molar-refractivity contribution in [2.24, 2.45) is 0 Å². The molecule has 0 aliphatic carbocycles. The number of carbonyl (C=O) groups is 3. The van der Waals surface area contributed by atoms with Crippen molar-refractivity contribution in [3.8, 4) is 0 Å². The Kier molecular flexibility index (Phi) is 7.85. The second kappa shape index (κ2) is 10.4. The van der Waals surface area contributed by atoms with Gasteiger partial charge in [0.05, 0.1) is 7.11 Å². The highest BCUT2D eigenvalue weighted by Gasteiger charge is 2.19. The van der Waals surface area contributed by atoms with Crippen LogP contribution in [0.3, 0.4) is 0 Å². The topological polar surface area (TPSA) is 84.9 Å². The summed E-state index contributed by atoms with van der Waals surface area (Å²) in [5.41, 5.74) is 2.04. The zero-order valence-electron chi connectivity index (χ0n) is 15.8. The Balaban J connectivity index is 1.86. The second-order valence-electron chi connectivity index (χ2n) is 6.39. The molecule has 0 spiro atoms. The number of nitrogens with zero attached hydrogens (tertiary/aromatic N) is 1. The van der Waals surface area contributed by atoms with Gasteiger partial charge in [0.15, 0.2) is 6.10 Å². The van der Waals surface area contributed by atoms with Gasteiger partial charge in [0, 0.05) is 24.9 Å². The molecule has 0 saturated carbocycles. The van der Waals surface area contributed by atoms with Gasteiger partial charge in [0.25, 0.3) is 5.91 Å². The van der Waals surface area contributed by atoms with E-state index in [0.29, 0.717) is 0 Å². The van der Waals surface area contributed by atoms with Gasteiger partial charge in [0.2, 0.25) is 0 Å². The number of esters is 1. The number of benzene rings is 1. The summed E-state index contributed by atoms with van der Waals surface area (Å²) >= 11 is 0. The van der Waals surface area contributed by atoms with E-state index in [9.17, 15) is 14.4 Å². The fourth-order valence-corrected chi connectivity index (χ4v) is 2.81. The van der Waals surface area contributed by atoms with E-state index in [2.05, 4.69) is 9.64 Å². The SMILES string of the molecule is COC(=O)NC(=O)[C@@H](C)OC(=O)/C=C/c1ccc(N2CCCCCC2)cc1. The van der Waals surface area contributed by atoms with Crippen LogP contribution >= 0.6 is 0 Å². The predicted octanol–water partition coefficient (Wildman–Crippen LogP) is 2.89. The third-order valence-electron chi connectivity index (χ3n) is 4.35. The molecule has 1 fully saturated rings. The van der Waals surface area contributed by atoms with Crippen molar-refractivity contribution in [2.45, 2.75) is 38.7 Å². The van der Waals surface area contributed by atoms with E-state index < -0.39 is 24.1 Å². The van der Waals surface area contributed by atoms with E-state index in [-0.39, 0.29) is 0 Å². The lowest BCUT2D eigenvalue weighted by atomic mass is 10.1. The van der Waals surface area contributed by atoms with Gasteiger partial charge in [-0.1, -0.05) is 25.0 Å². The van der Waals surface area contributed by atoms with Gasteiger partial charge in [-0.25, -0.2) is 9.59 Å². The van der Waals surface area contributed by atoms with Crippen molar-refractivity contribution in [1.82, 2.24) is 5.32 Å². The molecule has 0 unspecified atom stereocenters. The summed E-state index contributed by atoms with van der Waals surface area (Å²) in [7, 11) is 1.14. The summed E-state index contributed by atoms with van der Waals surface area (Å²) in [6.45, 7) is 3.53. The molecule has 2 amide bonds. The van der Waals surface area contributed by atoms with Crippen LogP contribution in [0.4, 0.5) is 10.5 Å². The number of methoxy groups -OCH3 is 1. The van der Waals surface area contributed by atoms with Crippen molar-refractivity contribution < 1.29 is 23.9 Å². The third-order valence-corrected chi connectivity index (χ3v) is 4.35. The van der Waals surface area contributed by atoms with E-state index in [4.69, 9.17) is 4.74 Å². The molecule has 0 radical (unpaired) electrons. The molecule has 0 aromatic heterocycles. The summed E-state index contributed by atoms with van der Waals surface area (Å²) in [5, 5.41) is 1.94. The minimum atomic E-state index is -1.10. The average molecular weight is 374 g/mol. The Hall–Kier alpha value is -2.83. The highest BCUT2D eigenvalue weighted by atomic mass is 16.6. The van der Waals surface area contributed by atoms with Crippen LogP contribution in [0.2, 0.25) is 0 Å². The molecule has 1 heterocycles.